The van der Waals surface area contributed by atoms with Crippen molar-refractivity contribution in [2.45, 2.75) is 13.0 Å². The third-order valence-corrected chi connectivity index (χ3v) is 2.08. The molecule has 6 heteroatoms. The Morgan fingerprint density at radius 1 is 1.67 bits per heavy atom. The van der Waals surface area contributed by atoms with Crippen molar-refractivity contribution in [1.29, 1.82) is 0 Å². The van der Waals surface area contributed by atoms with E-state index in [1.807, 2.05) is 6.92 Å². The molecule has 0 bridgehead atoms. The maximum absolute atomic E-state index is 11.5. The molecule has 0 aromatic heterocycles. The zero-order valence-electron chi connectivity index (χ0n) is 8.84. The highest BCUT2D eigenvalue weighted by Crippen LogP contribution is 1.88. The van der Waals surface area contributed by atoms with E-state index < -0.39 is 0 Å². The first-order valence-corrected chi connectivity index (χ1v) is 5.09. The summed E-state index contributed by atoms with van der Waals surface area (Å²) in [5, 5.41) is 8.19. The van der Waals surface area contributed by atoms with E-state index in [4.69, 9.17) is 4.74 Å². The Morgan fingerprint density at radius 3 is 3.07 bits per heavy atom. The molecule has 0 spiro atoms. The summed E-state index contributed by atoms with van der Waals surface area (Å²) in [7, 11) is 0. The smallest absolute Gasteiger partial charge is 0.239 e. The van der Waals surface area contributed by atoms with Gasteiger partial charge in [0, 0.05) is 19.7 Å². The number of carbonyl (C=O) groups excluding carboxylic acids is 2. The van der Waals surface area contributed by atoms with Gasteiger partial charge in [0.2, 0.25) is 11.8 Å². The van der Waals surface area contributed by atoms with Crippen LogP contribution in [0.2, 0.25) is 0 Å². The van der Waals surface area contributed by atoms with E-state index in [2.05, 4.69) is 16.0 Å². The van der Waals surface area contributed by atoms with Gasteiger partial charge in [-0.1, -0.05) is 0 Å². The molecule has 1 fully saturated rings. The molecule has 6 nitrogen and oxygen atoms in total. The molecule has 1 heterocycles. The SMILES string of the molecule is CCOCCNC(=O)C1CNC(=O)CN1. The first-order valence-electron chi connectivity index (χ1n) is 5.09. The topological polar surface area (TPSA) is 79.5 Å². The number of hydrogen-bond donors (Lipinski definition) is 3. The molecule has 0 radical (unpaired) electrons. The number of nitrogens with one attached hydrogen (secondary N) is 3. The average molecular weight is 215 g/mol. The second-order valence-electron chi connectivity index (χ2n) is 3.23. The van der Waals surface area contributed by atoms with E-state index in [1.165, 1.54) is 0 Å². The van der Waals surface area contributed by atoms with Gasteiger partial charge in [0.15, 0.2) is 0 Å². The summed E-state index contributed by atoms with van der Waals surface area (Å²) in [5.41, 5.74) is 0. The lowest BCUT2D eigenvalue weighted by molar-refractivity contribution is -0.126. The van der Waals surface area contributed by atoms with Crippen molar-refractivity contribution < 1.29 is 14.3 Å². The standard InChI is InChI=1S/C9H17N3O3/c1-2-15-4-3-10-9(14)7-5-12-8(13)6-11-7/h7,11H,2-6H2,1H3,(H,10,14)(H,12,13). The van der Waals surface area contributed by atoms with E-state index >= 15 is 0 Å². The fourth-order valence-corrected chi connectivity index (χ4v) is 1.27. The van der Waals surface area contributed by atoms with Crippen molar-refractivity contribution in [3.8, 4) is 0 Å². The summed E-state index contributed by atoms with van der Waals surface area (Å²) >= 11 is 0. The number of ether oxygens (including phenoxy) is 1. The molecular weight excluding hydrogens is 198 g/mol. The van der Waals surface area contributed by atoms with Gasteiger partial charge in [-0.25, -0.2) is 0 Å². The van der Waals surface area contributed by atoms with E-state index in [0.29, 0.717) is 26.3 Å². The Kier molecular flexibility index (Phi) is 5.06. The predicted octanol–water partition coefficient (Wildman–Crippen LogP) is -1.77. The molecule has 1 rings (SSSR count). The van der Waals surface area contributed by atoms with Crippen LogP contribution < -0.4 is 16.0 Å². The number of carbonyl (C=O) groups is 2. The Morgan fingerprint density at radius 2 is 2.47 bits per heavy atom. The quantitative estimate of drug-likeness (QED) is 0.474. The largest absolute Gasteiger partial charge is 0.380 e. The lowest BCUT2D eigenvalue weighted by Gasteiger charge is -2.23. The van der Waals surface area contributed by atoms with Crippen molar-refractivity contribution in [2.75, 3.05) is 32.8 Å². The zero-order chi connectivity index (χ0) is 11.1. The van der Waals surface area contributed by atoms with Crippen LogP contribution in [0.15, 0.2) is 0 Å². The molecule has 3 N–H and O–H groups in total. The van der Waals surface area contributed by atoms with E-state index in [9.17, 15) is 9.59 Å². The van der Waals surface area contributed by atoms with Gasteiger partial charge in [0.1, 0.15) is 6.04 Å². The summed E-state index contributed by atoms with van der Waals surface area (Å²) < 4.78 is 5.08. The van der Waals surface area contributed by atoms with Gasteiger partial charge in [0.05, 0.1) is 13.2 Å². The maximum atomic E-state index is 11.5. The summed E-state index contributed by atoms with van der Waals surface area (Å²) in [4.78, 5) is 22.3. The molecule has 15 heavy (non-hydrogen) atoms. The van der Waals surface area contributed by atoms with E-state index in [0.717, 1.165) is 0 Å². The number of piperazine rings is 1. The van der Waals surface area contributed by atoms with Gasteiger partial charge in [-0.15, -0.1) is 0 Å². The normalized spacial score (nSPS) is 20.9. The minimum absolute atomic E-state index is 0.0756. The van der Waals surface area contributed by atoms with E-state index in [-0.39, 0.29) is 24.4 Å². The van der Waals surface area contributed by atoms with Crippen LogP contribution in [-0.4, -0.2) is 50.7 Å². The number of amides is 2. The average Bonchev–Trinajstić information content (AvgIpc) is 2.25. The van der Waals surface area contributed by atoms with Crippen molar-refractivity contribution in [3.05, 3.63) is 0 Å². The second-order valence-corrected chi connectivity index (χ2v) is 3.23. The molecule has 1 unspecified atom stereocenters. The highest BCUT2D eigenvalue weighted by Gasteiger charge is 2.22. The summed E-state index contributed by atoms with van der Waals surface area (Å²) in [6.07, 6.45) is 0. The Bertz CT molecular complexity index is 223. The third kappa shape index (κ3) is 4.26. The predicted molar refractivity (Wildman–Crippen MR) is 54.3 cm³/mol. The van der Waals surface area contributed by atoms with Crippen LogP contribution in [0.4, 0.5) is 0 Å². The molecule has 1 saturated heterocycles. The first kappa shape index (κ1) is 11.9. The van der Waals surface area contributed by atoms with Crippen LogP contribution in [0.5, 0.6) is 0 Å². The van der Waals surface area contributed by atoms with Gasteiger partial charge >= 0.3 is 0 Å². The number of rotatable bonds is 5. The fourth-order valence-electron chi connectivity index (χ4n) is 1.27. The molecule has 0 aromatic carbocycles. The molecule has 2 amide bonds. The van der Waals surface area contributed by atoms with Gasteiger partial charge < -0.3 is 15.4 Å². The molecular formula is C9H17N3O3. The molecule has 0 saturated carbocycles. The Labute approximate surface area is 88.7 Å². The minimum atomic E-state index is -0.329. The lowest BCUT2D eigenvalue weighted by atomic mass is 10.2. The summed E-state index contributed by atoms with van der Waals surface area (Å²) in [5.74, 6) is -0.178. The molecule has 0 aromatic rings. The van der Waals surface area contributed by atoms with Gasteiger partial charge in [-0.3, -0.25) is 14.9 Å². The lowest BCUT2D eigenvalue weighted by Crippen LogP contribution is -2.58. The van der Waals surface area contributed by atoms with Crippen LogP contribution in [0.3, 0.4) is 0 Å². The Hall–Kier alpha value is -1.14. The minimum Gasteiger partial charge on any atom is -0.380 e. The van der Waals surface area contributed by atoms with Crippen molar-refractivity contribution in [2.24, 2.45) is 0 Å². The highest BCUT2D eigenvalue weighted by atomic mass is 16.5. The van der Waals surface area contributed by atoms with Gasteiger partial charge in [-0.2, -0.15) is 0 Å². The van der Waals surface area contributed by atoms with Crippen molar-refractivity contribution >= 4 is 11.8 Å². The Balaban J connectivity index is 2.14. The molecule has 1 aliphatic heterocycles. The van der Waals surface area contributed by atoms with Crippen LogP contribution in [-0.2, 0) is 14.3 Å². The molecule has 1 atom stereocenters. The summed E-state index contributed by atoms with van der Waals surface area (Å²) in [6.45, 7) is 4.11. The molecule has 0 aliphatic carbocycles. The van der Waals surface area contributed by atoms with Gasteiger partial charge in [-0.05, 0) is 6.92 Å². The first-order chi connectivity index (χ1) is 7.24. The third-order valence-electron chi connectivity index (χ3n) is 2.08. The van der Waals surface area contributed by atoms with E-state index in [1.54, 1.807) is 0 Å². The highest BCUT2D eigenvalue weighted by molar-refractivity contribution is 5.86. The fraction of sp³-hybridized carbons (Fsp3) is 0.778. The van der Waals surface area contributed by atoms with Crippen LogP contribution >= 0.6 is 0 Å². The van der Waals surface area contributed by atoms with Crippen LogP contribution in [0.25, 0.3) is 0 Å². The monoisotopic (exact) mass is 215 g/mol. The van der Waals surface area contributed by atoms with Crippen LogP contribution in [0, 0.1) is 0 Å². The van der Waals surface area contributed by atoms with Gasteiger partial charge in [0.25, 0.3) is 0 Å². The van der Waals surface area contributed by atoms with Crippen molar-refractivity contribution in [1.82, 2.24) is 16.0 Å². The van der Waals surface area contributed by atoms with Crippen molar-refractivity contribution in [3.63, 3.8) is 0 Å². The zero-order valence-corrected chi connectivity index (χ0v) is 8.84. The summed E-state index contributed by atoms with van der Waals surface area (Å²) in [6, 6.07) is -0.329. The second kappa shape index (κ2) is 6.36. The number of hydrogen-bond acceptors (Lipinski definition) is 4. The molecule has 1 aliphatic rings. The maximum Gasteiger partial charge on any atom is 0.239 e. The molecule has 86 valence electrons. The van der Waals surface area contributed by atoms with Crippen LogP contribution in [0.1, 0.15) is 6.92 Å².